The summed E-state index contributed by atoms with van der Waals surface area (Å²) in [6.45, 7) is 4.12. The minimum absolute atomic E-state index is 0.176. The SMILES string of the molecule is CCC1CCN(c2nc(Cl)nc(-n3cncn3)n2)C1. The Balaban J connectivity index is 1.90. The molecule has 0 aliphatic carbocycles. The van der Waals surface area contributed by atoms with E-state index in [9.17, 15) is 0 Å². The van der Waals surface area contributed by atoms with E-state index in [4.69, 9.17) is 11.6 Å². The normalized spacial score (nSPS) is 19.1. The smallest absolute Gasteiger partial charge is 0.258 e. The average molecular weight is 280 g/mol. The molecule has 8 heteroatoms. The lowest BCUT2D eigenvalue weighted by atomic mass is 10.1. The van der Waals surface area contributed by atoms with Crippen molar-refractivity contribution in [2.45, 2.75) is 19.8 Å². The van der Waals surface area contributed by atoms with Crippen molar-refractivity contribution in [1.29, 1.82) is 0 Å². The third-order valence-corrected chi connectivity index (χ3v) is 3.52. The molecular formula is C11H14ClN7. The van der Waals surface area contributed by atoms with Crippen LogP contribution in [0.25, 0.3) is 5.95 Å². The van der Waals surface area contributed by atoms with Crippen molar-refractivity contribution in [3.63, 3.8) is 0 Å². The zero-order valence-electron chi connectivity index (χ0n) is 10.6. The lowest BCUT2D eigenvalue weighted by Gasteiger charge is -2.16. The zero-order valence-corrected chi connectivity index (χ0v) is 11.3. The van der Waals surface area contributed by atoms with E-state index in [1.165, 1.54) is 30.2 Å². The van der Waals surface area contributed by atoms with Crippen molar-refractivity contribution in [3.8, 4) is 5.95 Å². The van der Waals surface area contributed by atoms with Crippen molar-refractivity contribution >= 4 is 17.5 Å². The highest BCUT2D eigenvalue weighted by Crippen LogP contribution is 2.23. The van der Waals surface area contributed by atoms with Gasteiger partial charge in [0.05, 0.1) is 0 Å². The van der Waals surface area contributed by atoms with Gasteiger partial charge in [-0.15, -0.1) is 0 Å². The molecule has 0 N–H and O–H groups in total. The second kappa shape index (κ2) is 5.08. The van der Waals surface area contributed by atoms with Gasteiger partial charge < -0.3 is 4.90 Å². The lowest BCUT2D eigenvalue weighted by Crippen LogP contribution is -2.23. The Morgan fingerprint density at radius 1 is 1.32 bits per heavy atom. The number of aromatic nitrogens is 6. The topological polar surface area (TPSA) is 72.6 Å². The monoisotopic (exact) mass is 279 g/mol. The van der Waals surface area contributed by atoms with Crippen LogP contribution in [0, 0.1) is 5.92 Å². The van der Waals surface area contributed by atoms with Crippen LogP contribution < -0.4 is 4.90 Å². The highest BCUT2D eigenvalue weighted by molar-refractivity contribution is 6.28. The minimum atomic E-state index is 0.176. The standard InChI is InChI=1S/C11H14ClN7/c1-2-8-3-4-18(5-8)10-15-9(12)16-11(17-10)19-7-13-6-14-19/h6-8H,2-5H2,1H3. The van der Waals surface area contributed by atoms with Crippen LogP contribution in [0.4, 0.5) is 5.95 Å². The van der Waals surface area contributed by atoms with Crippen LogP contribution >= 0.6 is 11.6 Å². The van der Waals surface area contributed by atoms with E-state index >= 15 is 0 Å². The van der Waals surface area contributed by atoms with E-state index in [0.29, 0.717) is 17.8 Å². The largest absolute Gasteiger partial charge is 0.340 e. The predicted octanol–water partition coefficient (Wildman–Crippen LogP) is 1.34. The molecule has 1 aliphatic heterocycles. The number of rotatable bonds is 3. The molecule has 3 rings (SSSR count). The van der Waals surface area contributed by atoms with Crippen LogP contribution in [-0.4, -0.2) is 42.8 Å². The van der Waals surface area contributed by atoms with E-state index in [-0.39, 0.29) is 5.28 Å². The molecule has 0 bridgehead atoms. The van der Waals surface area contributed by atoms with Gasteiger partial charge in [-0.2, -0.15) is 24.7 Å². The third-order valence-electron chi connectivity index (χ3n) is 3.35. The molecule has 3 heterocycles. The van der Waals surface area contributed by atoms with Crippen LogP contribution in [0.15, 0.2) is 12.7 Å². The van der Waals surface area contributed by atoms with E-state index in [2.05, 4.69) is 36.9 Å². The van der Waals surface area contributed by atoms with E-state index in [1.807, 2.05) is 0 Å². The first-order valence-corrected chi connectivity index (χ1v) is 6.65. The first-order chi connectivity index (χ1) is 9.26. The Bertz CT molecular complexity index is 556. The molecule has 100 valence electrons. The molecule has 0 aromatic carbocycles. The maximum atomic E-state index is 5.97. The fourth-order valence-electron chi connectivity index (χ4n) is 2.23. The Hall–Kier alpha value is -1.76. The van der Waals surface area contributed by atoms with Gasteiger partial charge in [0.25, 0.3) is 5.95 Å². The average Bonchev–Trinajstić information content (AvgIpc) is 3.09. The molecule has 2 aromatic heterocycles. The molecule has 7 nitrogen and oxygen atoms in total. The van der Waals surface area contributed by atoms with Gasteiger partial charge in [-0.1, -0.05) is 13.3 Å². The number of halogens is 1. The predicted molar refractivity (Wildman–Crippen MR) is 70.4 cm³/mol. The van der Waals surface area contributed by atoms with Crippen molar-refractivity contribution in [2.24, 2.45) is 5.92 Å². The molecule has 19 heavy (non-hydrogen) atoms. The molecule has 1 unspecified atom stereocenters. The molecule has 2 aromatic rings. The number of hydrogen-bond acceptors (Lipinski definition) is 6. The van der Waals surface area contributed by atoms with Crippen LogP contribution in [0.3, 0.4) is 0 Å². The first kappa shape index (κ1) is 12.3. The van der Waals surface area contributed by atoms with Crippen LogP contribution in [-0.2, 0) is 0 Å². The van der Waals surface area contributed by atoms with Gasteiger partial charge in [0.2, 0.25) is 11.2 Å². The van der Waals surface area contributed by atoms with E-state index < -0.39 is 0 Å². The molecule has 0 radical (unpaired) electrons. The van der Waals surface area contributed by atoms with Crippen LogP contribution in [0.1, 0.15) is 19.8 Å². The summed E-state index contributed by atoms with van der Waals surface area (Å²) in [5.74, 6) is 1.71. The summed E-state index contributed by atoms with van der Waals surface area (Å²) in [4.78, 5) is 18.7. The summed E-state index contributed by atoms with van der Waals surface area (Å²) in [5, 5.41) is 4.18. The molecule has 1 fully saturated rings. The van der Waals surface area contributed by atoms with Gasteiger partial charge in [-0.25, -0.2) is 4.98 Å². The molecule has 0 saturated carbocycles. The van der Waals surface area contributed by atoms with Crippen molar-refractivity contribution < 1.29 is 0 Å². The maximum absolute atomic E-state index is 5.97. The van der Waals surface area contributed by atoms with Gasteiger partial charge in [0.1, 0.15) is 12.7 Å². The van der Waals surface area contributed by atoms with Crippen molar-refractivity contribution in [1.82, 2.24) is 29.7 Å². The lowest BCUT2D eigenvalue weighted by molar-refractivity contribution is 0.568. The first-order valence-electron chi connectivity index (χ1n) is 6.27. The minimum Gasteiger partial charge on any atom is -0.340 e. The van der Waals surface area contributed by atoms with E-state index in [0.717, 1.165) is 13.1 Å². The second-order valence-corrected chi connectivity index (χ2v) is 4.89. The summed E-state index contributed by atoms with van der Waals surface area (Å²) in [6.07, 6.45) is 5.30. The summed E-state index contributed by atoms with van der Waals surface area (Å²) in [7, 11) is 0. The fourth-order valence-corrected chi connectivity index (χ4v) is 2.38. The summed E-state index contributed by atoms with van der Waals surface area (Å²) < 4.78 is 1.48. The number of hydrogen-bond donors (Lipinski definition) is 0. The van der Waals surface area contributed by atoms with Gasteiger partial charge >= 0.3 is 0 Å². The summed E-state index contributed by atoms with van der Waals surface area (Å²) in [5.41, 5.74) is 0. The van der Waals surface area contributed by atoms with Gasteiger partial charge in [-0.05, 0) is 23.9 Å². The molecule has 1 atom stereocenters. The summed E-state index contributed by atoms with van der Waals surface area (Å²) >= 11 is 5.97. The van der Waals surface area contributed by atoms with Crippen molar-refractivity contribution in [2.75, 3.05) is 18.0 Å². The molecule has 1 saturated heterocycles. The Labute approximate surface area is 115 Å². The van der Waals surface area contributed by atoms with Gasteiger partial charge in [0, 0.05) is 13.1 Å². The number of nitrogens with zero attached hydrogens (tertiary/aromatic N) is 7. The maximum Gasteiger partial charge on any atom is 0.258 e. The summed E-state index contributed by atoms with van der Waals surface area (Å²) in [6, 6.07) is 0. The Morgan fingerprint density at radius 3 is 2.84 bits per heavy atom. The molecular weight excluding hydrogens is 266 g/mol. The fraction of sp³-hybridized carbons (Fsp3) is 0.545. The van der Waals surface area contributed by atoms with Crippen LogP contribution in [0.2, 0.25) is 5.28 Å². The van der Waals surface area contributed by atoms with Gasteiger partial charge in [0.15, 0.2) is 0 Å². The van der Waals surface area contributed by atoms with E-state index in [1.54, 1.807) is 0 Å². The highest BCUT2D eigenvalue weighted by atomic mass is 35.5. The van der Waals surface area contributed by atoms with Crippen LogP contribution in [0.5, 0.6) is 0 Å². The second-order valence-electron chi connectivity index (χ2n) is 4.55. The van der Waals surface area contributed by atoms with Crippen molar-refractivity contribution in [3.05, 3.63) is 17.9 Å². The molecule has 0 spiro atoms. The Kier molecular flexibility index (Phi) is 3.29. The molecule has 1 aliphatic rings. The number of anilines is 1. The van der Waals surface area contributed by atoms with Gasteiger partial charge in [-0.3, -0.25) is 0 Å². The highest BCUT2D eigenvalue weighted by Gasteiger charge is 2.24. The Morgan fingerprint density at radius 2 is 2.16 bits per heavy atom. The quantitative estimate of drug-likeness (QED) is 0.844. The third kappa shape index (κ3) is 2.51. The molecule has 0 amide bonds. The zero-order chi connectivity index (χ0) is 13.2.